The minimum Gasteiger partial charge on any atom is -0.495 e. The van der Waals surface area contributed by atoms with E-state index in [1.165, 1.54) is 5.56 Å². The number of benzene rings is 2. The normalized spacial score (nSPS) is 14.3. The smallest absolute Gasteiger partial charge is 0.324 e. The lowest BCUT2D eigenvalue weighted by Gasteiger charge is -2.36. The summed E-state index contributed by atoms with van der Waals surface area (Å²) in [6.07, 6.45) is 0.864. The number of methoxy groups -OCH3 is 1. The van der Waals surface area contributed by atoms with E-state index in [9.17, 15) is 9.59 Å². The van der Waals surface area contributed by atoms with E-state index in [1.54, 1.807) is 24.1 Å². The molecule has 2 aromatic rings. The molecule has 1 saturated heterocycles. The largest absolute Gasteiger partial charge is 0.495 e. The van der Waals surface area contributed by atoms with Gasteiger partial charge >= 0.3 is 6.03 Å². The lowest BCUT2D eigenvalue weighted by Crippen LogP contribution is -2.49. The summed E-state index contributed by atoms with van der Waals surface area (Å²) in [5.41, 5.74) is 3.63. The number of anilines is 2. The van der Waals surface area contributed by atoms with E-state index in [1.807, 2.05) is 36.9 Å². The zero-order valence-electron chi connectivity index (χ0n) is 17.6. The number of ether oxygens (including phenoxy) is 1. The first-order valence-corrected chi connectivity index (χ1v) is 10.00. The molecule has 1 fully saturated rings. The summed E-state index contributed by atoms with van der Waals surface area (Å²) in [5, 5.41) is 2.90. The Bertz CT molecular complexity index is 895. The second-order valence-electron chi connectivity index (χ2n) is 7.73. The number of hydrogen-bond acceptors (Lipinski definition) is 3. The Labute approximate surface area is 172 Å². The number of nitrogens with zero attached hydrogens (tertiary/aromatic N) is 2. The van der Waals surface area contributed by atoms with Gasteiger partial charge in [-0.25, -0.2) is 4.79 Å². The molecule has 154 valence electrons. The highest BCUT2D eigenvalue weighted by Crippen LogP contribution is 2.34. The number of urea groups is 1. The van der Waals surface area contributed by atoms with E-state index in [-0.39, 0.29) is 17.9 Å². The van der Waals surface area contributed by atoms with Crippen LogP contribution in [0.25, 0.3) is 0 Å². The van der Waals surface area contributed by atoms with Crippen molar-refractivity contribution in [2.45, 2.75) is 33.7 Å². The monoisotopic (exact) mass is 395 g/mol. The third kappa shape index (κ3) is 4.88. The highest BCUT2D eigenvalue weighted by atomic mass is 16.5. The second-order valence-corrected chi connectivity index (χ2v) is 7.73. The van der Waals surface area contributed by atoms with Crippen molar-refractivity contribution in [1.82, 2.24) is 4.90 Å². The van der Waals surface area contributed by atoms with Gasteiger partial charge in [0, 0.05) is 31.2 Å². The minimum absolute atomic E-state index is 0.0524. The van der Waals surface area contributed by atoms with Crippen LogP contribution in [0, 0.1) is 12.8 Å². The van der Waals surface area contributed by atoms with Gasteiger partial charge < -0.3 is 15.0 Å². The topological polar surface area (TPSA) is 61.9 Å². The van der Waals surface area contributed by atoms with Crippen LogP contribution in [-0.4, -0.2) is 37.0 Å². The summed E-state index contributed by atoms with van der Waals surface area (Å²) < 4.78 is 5.50. The van der Waals surface area contributed by atoms with Crippen LogP contribution < -0.4 is 15.0 Å². The summed E-state index contributed by atoms with van der Waals surface area (Å²) in [5.74, 6) is 0.424. The van der Waals surface area contributed by atoms with Crippen LogP contribution in [0.4, 0.5) is 16.2 Å². The molecule has 3 rings (SSSR count). The summed E-state index contributed by atoms with van der Waals surface area (Å²) >= 11 is 0. The van der Waals surface area contributed by atoms with E-state index in [2.05, 4.69) is 24.4 Å². The molecule has 1 aliphatic rings. The molecule has 0 saturated carbocycles. The number of carbonyl (C=O) groups is 2. The van der Waals surface area contributed by atoms with Crippen molar-refractivity contribution in [3.63, 3.8) is 0 Å². The molecular weight excluding hydrogens is 366 g/mol. The highest BCUT2D eigenvalue weighted by Gasteiger charge is 2.29. The van der Waals surface area contributed by atoms with E-state index in [0.29, 0.717) is 30.2 Å². The molecule has 29 heavy (non-hydrogen) atoms. The van der Waals surface area contributed by atoms with Crippen LogP contribution in [0.1, 0.15) is 31.4 Å². The second kappa shape index (κ2) is 8.99. The van der Waals surface area contributed by atoms with Gasteiger partial charge in [0.05, 0.1) is 12.8 Å². The fourth-order valence-corrected chi connectivity index (χ4v) is 3.45. The van der Waals surface area contributed by atoms with Crippen LogP contribution in [-0.2, 0) is 11.3 Å². The minimum atomic E-state index is -0.123. The summed E-state index contributed by atoms with van der Waals surface area (Å²) in [6.45, 7) is 7.64. The SMILES string of the molecule is COc1ccc(NC(=O)C(C)C)cc1N1CCCN(Cc2cccc(C)c2)C1=O. The Kier molecular flexibility index (Phi) is 6.42. The molecule has 0 spiro atoms. The Morgan fingerprint density at radius 3 is 2.66 bits per heavy atom. The van der Waals surface area contributed by atoms with E-state index < -0.39 is 0 Å². The van der Waals surface area contributed by atoms with Crippen molar-refractivity contribution < 1.29 is 14.3 Å². The standard InChI is InChI=1S/C23H29N3O3/c1-16(2)22(27)24-19-9-10-21(29-4)20(14-19)26-12-6-11-25(23(26)28)15-18-8-5-7-17(3)13-18/h5,7-10,13-14,16H,6,11-12,15H2,1-4H3,(H,24,27). The maximum absolute atomic E-state index is 13.2. The number of nitrogens with one attached hydrogen (secondary N) is 1. The first-order chi connectivity index (χ1) is 13.9. The van der Waals surface area contributed by atoms with Gasteiger partial charge in [-0.05, 0) is 37.1 Å². The summed E-state index contributed by atoms with van der Waals surface area (Å²) in [6, 6.07) is 13.6. The van der Waals surface area contributed by atoms with Gasteiger partial charge in [-0.2, -0.15) is 0 Å². The van der Waals surface area contributed by atoms with Crippen molar-refractivity contribution in [3.05, 3.63) is 53.6 Å². The van der Waals surface area contributed by atoms with Gasteiger partial charge in [0.2, 0.25) is 5.91 Å². The first kappa shape index (κ1) is 20.7. The molecule has 6 heteroatoms. The molecule has 0 atom stereocenters. The van der Waals surface area contributed by atoms with Gasteiger partial charge in [0.25, 0.3) is 0 Å². The lowest BCUT2D eigenvalue weighted by molar-refractivity contribution is -0.118. The number of rotatable bonds is 6. The number of hydrogen-bond donors (Lipinski definition) is 1. The van der Waals surface area contributed by atoms with Gasteiger partial charge in [-0.3, -0.25) is 9.69 Å². The molecule has 1 N–H and O–H groups in total. The Hall–Kier alpha value is -3.02. The van der Waals surface area contributed by atoms with Gasteiger partial charge in [-0.1, -0.05) is 43.7 Å². The van der Waals surface area contributed by atoms with E-state index in [4.69, 9.17) is 4.74 Å². The fraction of sp³-hybridized carbons (Fsp3) is 0.391. The maximum Gasteiger partial charge on any atom is 0.324 e. The van der Waals surface area contributed by atoms with Crippen LogP contribution >= 0.6 is 0 Å². The average molecular weight is 396 g/mol. The van der Waals surface area contributed by atoms with E-state index in [0.717, 1.165) is 18.5 Å². The molecule has 1 aliphatic heterocycles. The molecule has 3 amide bonds. The van der Waals surface area contributed by atoms with Crippen LogP contribution in [0.5, 0.6) is 5.75 Å². The van der Waals surface area contributed by atoms with Crippen molar-refractivity contribution in [3.8, 4) is 5.75 Å². The quantitative estimate of drug-likeness (QED) is 0.787. The van der Waals surface area contributed by atoms with Gasteiger partial charge in [-0.15, -0.1) is 0 Å². The zero-order chi connectivity index (χ0) is 21.0. The molecule has 2 aromatic carbocycles. The molecule has 0 bridgehead atoms. The number of amides is 3. The van der Waals surface area contributed by atoms with Crippen LogP contribution in [0.15, 0.2) is 42.5 Å². The van der Waals surface area contributed by atoms with Gasteiger partial charge in [0.1, 0.15) is 5.75 Å². The molecular formula is C23H29N3O3. The fourth-order valence-electron chi connectivity index (χ4n) is 3.45. The van der Waals surface area contributed by atoms with Crippen molar-refractivity contribution in [1.29, 1.82) is 0 Å². The number of carbonyl (C=O) groups excluding carboxylic acids is 2. The van der Waals surface area contributed by atoms with Crippen molar-refractivity contribution >= 4 is 23.3 Å². The zero-order valence-corrected chi connectivity index (χ0v) is 17.6. The predicted molar refractivity (Wildman–Crippen MR) is 115 cm³/mol. The molecule has 6 nitrogen and oxygen atoms in total. The molecule has 0 aromatic heterocycles. The molecule has 0 unspecified atom stereocenters. The Morgan fingerprint density at radius 2 is 1.97 bits per heavy atom. The maximum atomic E-state index is 13.2. The molecule has 0 radical (unpaired) electrons. The highest BCUT2D eigenvalue weighted by molar-refractivity contribution is 5.97. The lowest BCUT2D eigenvalue weighted by atomic mass is 10.1. The van der Waals surface area contributed by atoms with Gasteiger partial charge in [0.15, 0.2) is 0 Å². The van der Waals surface area contributed by atoms with Crippen LogP contribution in [0.3, 0.4) is 0 Å². The molecule has 1 heterocycles. The van der Waals surface area contributed by atoms with E-state index >= 15 is 0 Å². The first-order valence-electron chi connectivity index (χ1n) is 10.00. The third-order valence-corrected chi connectivity index (χ3v) is 5.03. The predicted octanol–water partition coefficient (Wildman–Crippen LogP) is 4.43. The third-order valence-electron chi connectivity index (χ3n) is 5.03. The average Bonchev–Trinajstić information content (AvgIpc) is 2.69. The number of aryl methyl sites for hydroxylation is 1. The summed E-state index contributed by atoms with van der Waals surface area (Å²) in [4.78, 5) is 28.9. The summed E-state index contributed by atoms with van der Waals surface area (Å²) in [7, 11) is 1.59. The Balaban J connectivity index is 1.84. The van der Waals surface area contributed by atoms with Crippen molar-refractivity contribution in [2.75, 3.05) is 30.4 Å². The Morgan fingerprint density at radius 1 is 1.17 bits per heavy atom. The van der Waals surface area contributed by atoms with Crippen molar-refractivity contribution in [2.24, 2.45) is 5.92 Å². The van der Waals surface area contributed by atoms with Crippen LogP contribution in [0.2, 0.25) is 0 Å². The molecule has 0 aliphatic carbocycles.